The second kappa shape index (κ2) is 10.2. The van der Waals surface area contributed by atoms with E-state index in [4.69, 9.17) is 4.99 Å². The number of hydrogen-bond acceptors (Lipinski definition) is 2. The third-order valence-corrected chi connectivity index (χ3v) is 3.67. The SMILES string of the molecule is C=CC#Cc1ccc(C(=NCC)/C(=C\NC(=C)C)C(C)=C(C)C)cc1. The molecule has 0 spiro atoms. The zero-order chi connectivity index (χ0) is 18.8. The van der Waals surface area contributed by atoms with Gasteiger partial charge in [-0.2, -0.15) is 0 Å². The summed E-state index contributed by atoms with van der Waals surface area (Å²) in [7, 11) is 0. The van der Waals surface area contributed by atoms with Gasteiger partial charge in [-0.05, 0) is 58.4 Å². The van der Waals surface area contributed by atoms with Crippen LogP contribution in [-0.4, -0.2) is 12.3 Å². The van der Waals surface area contributed by atoms with Gasteiger partial charge in [-0.15, -0.1) is 0 Å². The first-order chi connectivity index (χ1) is 11.9. The van der Waals surface area contributed by atoms with E-state index in [9.17, 15) is 0 Å². The van der Waals surface area contributed by atoms with E-state index in [1.54, 1.807) is 6.08 Å². The molecular formula is C23H28N2. The summed E-state index contributed by atoms with van der Waals surface area (Å²) in [5, 5.41) is 3.22. The minimum Gasteiger partial charge on any atom is -0.365 e. The molecule has 1 rings (SSSR count). The van der Waals surface area contributed by atoms with E-state index in [0.29, 0.717) is 6.54 Å². The molecule has 0 aromatic heterocycles. The van der Waals surface area contributed by atoms with Crippen LogP contribution in [0.4, 0.5) is 0 Å². The third kappa shape index (κ3) is 6.31. The first-order valence-corrected chi connectivity index (χ1v) is 8.45. The highest BCUT2D eigenvalue weighted by Gasteiger charge is 2.13. The van der Waals surface area contributed by atoms with Gasteiger partial charge in [0.2, 0.25) is 0 Å². The standard InChI is InChI=1S/C23H28N2/c1-8-10-11-20-12-14-21(15-13-20)23(24-9-2)22(16-25-18(5)6)19(7)17(3)4/h8,12-16,25H,1,5,9H2,2-4,6-7H3/b22-16-,24-23?. The van der Waals surface area contributed by atoms with Gasteiger partial charge in [0.15, 0.2) is 0 Å². The summed E-state index contributed by atoms with van der Waals surface area (Å²) in [5.41, 5.74) is 7.44. The lowest BCUT2D eigenvalue weighted by molar-refractivity contribution is 1.05. The van der Waals surface area contributed by atoms with Gasteiger partial charge < -0.3 is 5.32 Å². The van der Waals surface area contributed by atoms with Crippen molar-refractivity contribution >= 4 is 5.71 Å². The van der Waals surface area contributed by atoms with E-state index >= 15 is 0 Å². The molecule has 130 valence electrons. The molecule has 0 aliphatic heterocycles. The lowest BCUT2D eigenvalue weighted by atomic mass is 9.94. The van der Waals surface area contributed by atoms with Crippen molar-refractivity contribution in [3.8, 4) is 11.8 Å². The fourth-order valence-electron chi connectivity index (χ4n) is 2.15. The number of aliphatic imine (C=N–C) groups is 1. The van der Waals surface area contributed by atoms with E-state index in [1.807, 2.05) is 32.2 Å². The minimum atomic E-state index is 0.716. The van der Waals surface area contributed by atoms with Gasteiger partial charge in [0.05, 0.1) is 5.71 Å². The van der Waals surface area contributed by atoms with Crippen LogP contribution in [0.15, 0.2) is 77.1 Å². The normalized spacial score (nSPS) is 11.2. The highest BCUT2D eigenvalue weighted by atomic mass is 14.8. The molecule has 0 saturated carbocycles. The van der Waals surface area contributed by atoms with Gasteiger partial charge in [-0.25, -0.2) is 0 Å². The van der Waals surface area contributed by atoms with E-state index in [1.165, 1.54) is 11.1 Å². The molecule has 0 aliphatic rings. The molecule has 0 atom stereocenters. The second-order valence-electron chi connectivity index (χ2n) is 5.98. The number of hydrogen-bond donors (Lipinski definition) is 1. The number of allylic oxidation sites excluding steroid dienone is 5. The van der Waals surface area contributed by atoms with Gasteiger partial charge in [0.25, 0.3) is 0 Å². The van der Waals surface area contributed by atoms with Crippen LogP contribution in [0.2, 0.25) is 0 Å². The molecule has 0 heterocycles. The Labute approximate surface area is 152 Å². The molecule has 2 nitrogen and oxygen atoms in total. The van der Waals surface area contributed by atoms with Crippen LogP contribution >= 0.6 is 0 Å². The molecule has 0 unspecified atom stereocenters. The quantitative estimate of drug-likeness (QED) is 0.421. The molecule has 1 aromatic carbocycles. The number of benzene rings is 1. The summed E-state index contributed by atoms with van der Waals surface area (Å²) in [5.74, 6) is 5.92. The average Bonchev–Trinajstić information content (AvgIpc) is 2.59. The van der Waals surface area contributed by atoms with Gasteiger partial charge >= 0.3 is 0 Å². The maximum atomic E-state index is 4.76. The van der Waals surface area contributed by atoms with Gasteiger partial charge in [-0.3, -0.25) is 4.99 Å². The Balaban J connectivity index is 3.41. The highest BCUT2D eigenvalue weighted by molar-refractivity contribution is 6.15. The van der Waals surface area contributed by atoms with Crippen molar-refractivity contribution in [2.45, 2.75) is 34.6 Å². The van der Waals surface area contributed by atoms with E-state index in [-0.39, 0.29) is 0 Å². The fourth-order valence-corrected chi connectivity index (χ4v) is 2.15. The van der Waals surface area contributed by atoms with E-state index in [0.717, 1.165) is 28.1 Å². The Morgan fingerprint density at radius 3 is 2.28 bits per heavy atom. The Hall–Kier alpha value is -2.79. The van der Waals surface area contributed by atoms with Crippen LogP contribution in [-0.2, 0) is 0 Å². The predicted molar refractivity (Wildman–Crippen MR) is 111 cm³/mol. The number of rotatable bonds is 6. The minimum absolute atomic E-state index is 0.716. The molecule has 0 radical (unpaired) electrons. The lowest BCUT2D eigenvalue weighted by Crippen LogP contribution is -2.12. The summed E-state index contributed by atoms with van der Waals surface area (Å²) in [6.07, 6.45) is 3.59. The van der Waals surface area contributed by atoms with Crippen molar-refractivity contribution < 1.29 is 0 Å². The number of nitrogens with one attached hydrogen (secondary N) is 1. The lowest BCUT2D eigenvalue weighted by Gasteiger charge is -2.15. The largest absolute Gasteiger partial charge is 0.365 e. The van der Waals surface area contributed by atoms with Crippen LogP contribution < -0.4 is 5.32 Å². The molecule has 0 amide bonds. The zero-order valence-corrected chi connectivity index (χ0v) is 16.0. The van der Waals surface area contributed by atoms with Gasteiger partial charge in [0, 0.05) is 35.1 Å². The van der Waals surface area contributed by atoms with Crippen molar-refractivity contribution in [1.29, 1.82) is 0 Å². The Kier molecular flexibility index (Phi) is 8.23. The molecule has 2 heteroatoms. The highest BCUT2D eigenvalue weighted by Crippen LogP contribution is 2.20. The predicted octanol–water partition coefficient (Wildman–Crippen LogP) is 5.40. The van der Waals surface area contributed by atoms with Crippen LogP contribution in [0, 0.1) is 11.8 Å². The van der Waals surface area contributed by atoms with Crippen molar-refractivity contribution in [3.63, 3.8) is 0 Å². The van der Waals surface area contributed by atoms with Gasteiger partial charge in [-0.1, -0.05) is 42.7 Å². The molecule has 0 bridgehead atoms. The number of nitrogens with zero attached hydrogens (tertiary/aromatic N) is 1. The molecule has 0 fully saturated rings. The summed E-state index contributed by atoms with van der Waals surface area (Å²) < 4.78 is 0. The Bertz CT molecular complexity index is 772. The van der Waals surface area contributed by atoms with Crippen molar-refractivity contribution in [2.24, 2.45) is 4.99 Å². The fraction of sp³-hybridized carbons (Fsp3) is 0.261. The topological polar surface area (TPSA) is 24.4 Å². The third-order valence-electron chi connectivity index (χ3n) is 3.67. The first-order valence-electron chi connectivity index (χ1n) is 8.45. The smallest absolute Gasteiger partial charge is 0.0736 e. The summed E-state index contributed by atoms with van der Waals surface area (Å²) in [4.78, 5) is 4.76. The van der Waals surface area contributed by atoms with Gasteiger partial charge in [0.1, 0.15) is 0 Å². The Morgan fingerprint density at radius 1 is 1.16 bits per heavy atom. The maximum Gasteiger partial charge on any atom is 0.0736 e. The second-order valence-corrected chi connectivity index (χ2v) is 5.98. The van der Waals surface area contributed by atoms with E-state index in [2.05, 4.69) is 63.2 Å². The molecule has 1 N–H and O–H groups in total. The monoisotopic (exact) mass is 332 g/mol. The summed E-state index contributed by atoms with van der Waals surface area (Å²) in [6, 6.07) is 8.15. The van der Waals surface area contributed by atoms with Crippen LogP contribution in [0.25, 0.3) is 0 Å². The molecule has 25 heavy (non-hydrogen) atoms. The van der Waals surface area contributed by atoms with Crippen molar-refractivity contribution in [3.05, 3.63) is 83.2 Å². The maximum absolute atomic E-state index is 4.76. The van der Waals surface area contributed by atoms with Crippen LogP contribution in [0.5, 0.6) is 0 Å². The molecule has 0 aliphatic carbocycles. The van der Waals surface area contributed by atoms with Crippen LogP contribution in [0.3, 0.4) is 0 Å². The summed E-state index contributed by atoms with van der Waals surface area (Å²) >= 11 is 0. The molecular weight excluding hydrogens is 304 g/mol. The van der Waals surface area contributed by atoms with Crippen molar-refractivity contribution in [2.75, 3.05) is 6.54 Å². The molecule has 1 aromatic rings. The van der Waals surface area contributed by atoms with Crippen LogP contribution in [0.1, 0.15) is 45.7 Å². The molecule has 0 saturated heterocycles. The summed E-state index contributed by atoms with van der Waals surface area (Å²) in [6.45, 7) is 18.6. The van der Waals surface area contributed by atoms with E-state index < -0.39 is 0 Å². The average molecular weight is 332 g/mol. The first kappa shape index (κ1) is 20.3. The van der Waals surface area contributed by atoms with Crippen molar-refractivity contribution in [1.82, 2.24) is 5.32 Å². The Morgan fingerprint density at radius 2 is 1.80 bits per heavy atom. The zero-order valence-electron chi connectivity index (χ0n) is 16.0.